The van der Waals surface area contributed by atoms with Crippen LogP contribution in [0.15, 0.2) is 46.9 Å². The van der Waals surface area contributed by atoms with E-state index in [-0.39, 0.29) is 5.91 Å². The number of carbonyl (C=O) groups is 1. The summed E-state index contributed by atoms with van der Waals surface area (Å²) in [4.78, 5) is 12.4. The zero-order chi connectivity index (χ0) is 15.0. The third kappa shape index (κ3) is 2.50. The molecule has 0 unspecified atom stereocenters. The fraction of sp³-hybridized carbons (Fsp3) is 0.0667. The van der Waals surface area contributed by atoms with Gasteiger partial charge in [-0.1, -0.05) is 34.1 Å². The number of nitrogens with two attached hydrogens (primary N) is 1. The van der Waals surface area contributed by atoms with Gasteiger partial charge in [0.25, 0.3) is 5.91 Å². The molecule has 3 N–H and O–H groups in total. The van der Waals surface area contributed by atoms with Crippen molar-refractivity contribution in [3.63, 3.8) is 0 Å². The highest BCUT2D eigenvalue weighted by Gasteiger charge is 2.16. The van der Waals surface area contributed by atoms with Crippen molar-refractivity contribution in [2.75, 3.05) is 11.1 Å². The van der Waals surface area contributed by atoms with Gasteiger partial charge in [-0.05, 0) is 24.3 Å². The van der Waals surface area contributed by atoms with E-state index in [1.54, 1.807) is 16.8 Å². The smallest absolute Gasteiger partial charge is 0.276 e. The minimum absolute atomic E-state index is 0.277. The van der Waals surface area contributed by atoms with Gasteiger partial charge in [-0.15, -0.1) is 0 Å². The van der Waals surface area contributed by atoms with E-state index in [0.29, 0.717) is 17.1 Å². The molecule has 106 valence electrons. The number of rotatable bonds is 2. The van der Waals surface area contributed by atoms with Crippen molar-refractivity contribution in [3.05, 3.63) is 52.6 Å². The van der Waals surface area contributed by atoms with Gasteiger partial charge in [0.05, 0.1) is 16.9 Å². The standard InChI is InChI=1S/C15H13BrN4O/c1-20-13-5-3-2-4-10(13)14(19-20)15(21)18-12-7-6-9(16)8-11(12)17/h2-8H,17H2,1H3,(H,18,21). The largest absolute Gasteiger partial charge is 0.397 e. The summed E-state index contributed by atoms with van der Waals surface area (Å²) in [5.41, 5.74) is 8.25. The SMILES string of the molecule is Cn1nc(C(=O)Nc2ccc(Br)cc2N)c2ccccc21. The average Bonchev–Trinajstić information content (AvgIpc) is 2.80. The van der Waals surface area contributed by atoms with Crippen LogP contribution in [0.5, 0.6) is 0 Å². The molecule has 2 aromatic carbocycles. The van der Waals surface area contributed by atoms with Gasteiger partial charge in [0.1, 0.15) is 0 Å². The molecule has 0 saturated heterocycles. The first-order valence-corrected chi connectivity index (χ1v) is 7.13. The lowest BCUT2D eigenvalue weighted by molar-refractivity contribution is 0.102. The molecule has 3 aromatic rings. The molecule has 0 aliphatic rings. The van der Waals surface area contributed by atoms with Crippen LogP contribution in [0.25, 0.3) is 10.9 Å². The molecular formula is C15H13BrN4O. The highest BCUT2D eigenvalue weighted by Crippen LogP contribution is 2.24. The summed E-state index contributed by atoms with van der Waals surface area (Å²) in [5.74, 6) is -0.277. The summed E-state index contributed by atoms with van der Waals surface area (Å²) in [6, 6.07) is 12.9. The van der Waals surface area contributed by atoms with Crippen molar-refractivity contribution in [2.24, 2.45) is 7.05 Å². The molecule has 0 atom stereocenters. The third-order valence-corrected chi connectivity index (χ3v) is 3.73. The van der Waals surface area contributed by atoms with Crippen LogP contribution in [0.2, 0.25) is 0 Å². The van der Waals surface area contributed by atoms with E-state index in [4.69, 9.17) is 5.73 Å². The van der Waals surface area contributed by atoms with Crippen molar-refractivity contribution in [1.29, 1.82) is 0 Å². The van der Waals surface area contributed by atoms with Gasteiger partial charge in [0, 0.05) is 16.9 Å². The Morgan fingerprint density at radius 1 is 1.29 bits per heavy atom. The summed E-state index contributed by atoms with van der Waals surface area (Å²) in [5, 5.41) is 7.90. The lowest BCUT2D eigenvalue weighted by atomic mass is 10.2. The number of anilines is 2. The Morgan fingerprint density at radius 2 is 2.05 bits per heavy atom. The minimum atomic E-state index is -0.277. The monoisotopic (exact) mass is 344 g/mol. The number of aromatic nitrogens is 2. The van der Waals surface area contributed by atoms with Crippen LogP contribution in [0.1, 0.15) is 10.5 Å². The van der Waals surface area contributed by atoms with E-state index in [1.165, 1.54) is 0 Å². The van der Waals surface area contributed by atoms with Gasteiger partial charge in [-0.2, -0.15) is 5.10 Å². The Bertz CT molecular complexity index is 841. The first-order chi connectivity index (χ1) is 10.1. The van der Waals surface area contributed by atoms with Crippen LogP contribution in [0.4, 0.5) is 11.4 Å². The van der Waals surface area contributed by atoms with E-state index in [1.807, 2.05) is 37.4 Å². The Morgan fingerprint density at radius 3 is 2.81 bits per heavy atom. The number of nitrogens with zero attached hydrogens (tertiary/aromatic N) is 2. The molecule has 0 fully saturated rings. The van der Waals surface area contributed by atoms with Crippen LogP contribution in [0, 0.1) is 0 Å². The van der Waals surface area contributed by atoms with Crippen molar-refractivity contribution in [1.82, 2.24) is 9.78 Å². The molecule has 1 aromatic heterocycles. The van der Waals surface area contributed by atoms with Gasteiger partial charge in [-0.3, -0.25) is 9.48 Å². The summed E-state index contributed by atoms with van der Waals surface area (Å²) >= 11 is 3.33. The molecule has 0 bridgehead atoms. The minimum Gasteiger partial charge on any atom is -0.397 e. The van der Waals surface area contributed by atoms with Crippen LogP contribution in [-0.2, 0) is 7.05 Å². The van der Waals surface area contributed by atoms with E-state index in [2.05, 4.69) is 26.3 Å². The van der Waals surface area contributed by atoms with Crippen molar-refractivity contribution in [2.45, 2.75) is 0 Å². The predicted molar refractivity (Wildman–Crippen MR) is 87.2 cm³/mol. The zero-order valence-electron chi connectivity index (χ0n) is 11.3. The molecular weight excluding hydrogens is 332 g/mol. The maximum Gasteiger partial charge on any atom is 0.276 e. The second-order valence-electron chi connectivity index (χ2n) is 4.68. The first-order valence-electron chi connectivity index (χ1n) is 6.34. The molecule has 0 aliphatic carbocycles. The topological polar surface area (TPSA) is 72.9 Å². The molecule has 1 heterocycles. The predicted octanol–water partition coefficient (Wildman–Crippen LogP) is 3.17. The Hall–Kier alpha value is -2.34. The Labute approximate surface area is 129 Å². The molecule has 0 radical (unpaired) electrons. The van der Waals surface area contributed by atoms with Crippen LogP contribution in [-0.4, -0.2) is 15.7 Å². The maximum absolute atomic E-state index is 12.4. The van der Waals surface area contributed by atoms with Crippen molar-refractivity contribution in [3.8, 4) is 0 Å². The molecule has 21 heavy (non-hydrogen) atoms. The second kappa shape index (κ2) is 5.21. The number of nitrogens with one attached hydrogen (secondary N) is 1. The second-order valence-corrected chi connectivity index (χ2v) is 5.59. The molecule has 5 nitrogen and oxygen atoms in total. The highest BCUT2D eigenvalue weighted by atomic mass is 79.9. The van der Waals surface area contributed by atoms with Gasteiger partial charge >= 0.3 is 0 Å². The van der Waals surface area contributed by atoms with E-state index < -0.39 is 0 Å². The summed E-state index contributed by atoms with van der Waals surface area (Å²) in [6.07, 6.45) is 0. The van der Waals surface area contributed by atoms with Gasteiger partial charge in [0.2, 0.25) is 0 Å². The number of aryl methyl sites for hydroxylation is 1. The third-order valence-electron chi connectivity index (χ3n) is 3.23. The quantitative estimate of drug-likeness (QED) is 0.701. The highest BCUT2D eigenvalue weighted by molar-refractivity contribution is 9.10. The lowest BCUT2D eigenvalue weighted by Gasteiger charge is -2.07. The van der Waals surface area contributed by atoms with Crippen LogP contribution >= 0.6 is 15.9 Å². The molecule has 6 heteroatoms. The van der Waals surface area contributed by atoms with Crippen LogP contribution < -0.4 is 11.1 Å². The molecule has 0 spiro atoms. The number of benzene rings is 2. The fourth-order valence-corrected chi connectivity index (χ4v) is 2.59. The van der Waals surface area contributed by atoms with Gasteiger partial charge in [-0.25, -0.2) is 0 Å². The lowest BCUT2D eigenvalue weighted by Crippen LogP contribution is -2.14. The number of para-hydroxylation sites is 1. The van der Waals surface area contributed by atoms with E-state index in [0.717, 1.165) is 15.4 Å². The number of amides is 1. The van der Waals surface area contributed by atoms with Gasteiger partial charge < -0.3 is 11.1 Å². The summed E-state index contributed by atoms with van der Waals surface area (Å²) in [6.45, 7) is 0. The van der Waals surface area contributed by atoms with Gasteiger partial charge in [0.15, 0.2) is 5.69 Å². The fourth-order valence-electron chi connectivity index (χ4n) is 2.21. The Kier molecular flexibility index (Phi) is 3.39. The normalized spacial score (nSPS) is 10.8. The van der Waals surface area contributed by atoms with E-state index in [9.17, 15) is 4.79 Å². The number of hydrogen-bond donors (Lipinski definition) is 2. The van der Waals surface area contributed by atoms with Crippen molar-refractivity contribution >= 4 is 44.1 Å². The number of carbonyl (C=O) groups excluding carboxylic acids is 1. The van der Waals surface area contributed by atoms with Crippen molar-refractivity contribution < 1.29 is 4.79 Å². The molecule has 3 rings (SSSR count). The molecule has 0 aliphatic heterocycles. The maximum atomic E-state index is 12.4. The molecule has 1 amide bonds. The number of hydrogen-bond acceptors (Lipinski definition) is 3. The number of halogens is 1. The first kappa shape index (κ1) is 13.6. The summed E-state index contributed by atoms with van der Waals surface area (Å²) in [7, 11) is 1.81. The number of nitrogen functional groups attached to an aromatic ring is 1. The molecule has 0 saturated carbocycles. The Balaban J connectivity index is 1.98. The van der Waals surface area contributed by atoms with E-state index >= 15 is 0 Å². The average molecular weight is 345 g/mol. The zero-order valence-corrected chi connectivity index (χ0v) is 12.9. The number of fused-ring (bicyclic) bond motifs is 1. The summed E-state index contributed by atoms with van der Waals surface area (Å²) < 4.78 is 2.55. The van der Waals surface area contributed by atoms with Crippen LogP contribution in [0.3, 0.4) is 0 Å².